The second kappa shape index (κ2) is 11.8. The lowest BCUT2D eigenvalue weighted by molar-refractivity contribution is 0.105. The molecule has 1 atom stereocenters. The van der Waals surface area contributed by atoms with Gasteiger partial charge in [-0.3, -0.25) is 0 Å². The van der Waals surface area contributed by atoms with E-state index in [1.807, 2.05) is 0 Å². The van der Waals surface area contributed by atoms with Gasteiger partial charge in [0.05, 0.1) is 0 Å². The largest absolute Gasteiger partial charge is 0.0654 e. The predicted octanol–water partition coefficient (Wildman–Crippen LogP) is 7.37. The molecule has 0 amide bonds. The van der Waals surface area contributed by atoms with Crippen molar-refractivity contribution in [2.45, 2.75) is 112 Å². The molecule has 0 bridgehead atoms. The van der Waals surface area contributed by atoms with Gasteiger partial charge in [-0.15, -0.1) is 0 Å². The average molecular weight is 269 g/mol. The Kier molecular flexibility index (Phi) is 11.8. The zero-order valence-corrected chi connectivity index (χ0v) is 14.6. The van der Waals surface area contributed by atoms with Crippen molar-refractivity contribution in [1.29, 1.82) is 0 Å². The highest BCUT2D eigenvalue weighted by Gasteiger charge is 2.33. The number of hydrogen-bond acceptors (Lipinski definition) is 0. The summed E-state index contributed by atoms with van der Waals surface area (Å²) in [5.74, 6) is 0.928. The summed E-state index contributed by atoms with van der Waals surface area (Å²) in [6.45, 7) is 11.9. The van der Waals surface area contributed by atoms with Crippen LogP contribution in [0.1, 0.15) is 112 Å². The summed E-state index contributed by atoms with van der Waals surface area (Å²) in [7, 11) is 0. The minimum Gasteiger partial charge on any atom is -0.0654 e. The summed E-state index contributed by atoms with van der Waals surface area (Å²) in [6.07, 6.45) is 17.1. The van der Waals surface area contributed by atoms with Crippen molar-refractivity contribution in [3.05, 3.63) is 0 Å². The fourth-order valence-corrected chi connectivity index (χ4v) is 3.52. The molecule has 116 valence electrons. The second-order valence-corrected chi connectivity index (χ2v) is 6.72. The SMILES string of the molecule is CCCCC(C)C(CCCC)(CCCC)CCCC. The fourth-order valence-electron chi connectivity index (χ4n) is 3.52. The van der Waals surface area contributed by atoms with Crippen LogP contribution in [0.2, 0.25) is 0 Å². The highest BCUT2D eigenvalue weighted by Crippen LogP contribution is 2.45. The third-order valence-electron chi connectivity index (χ3n) is 5.12. The Bertz CT molecular complexity index is 161. The molecule has 0 saturated heterocycles. The first-order valence-electron chi connectivity index (χ1n) is 9.16. The quantitative estimate of drug-likeness (QED) is 0.327. The molecule has 0 aliphatic rings. The maximum absolute atomic E-state index is 2.55. The van der Waals surface area contributed by atoms with Gasteiger partial charge < -0.3 is 0 Å². The molecule has 0 aliphatic heterocycles. The Morgan fingerprint density at radius 2 is 1.00 bits per heavy atom. The summed E-state index contributed by atoms with van der Waals surface area (Å²) in [5.41, 5.74) is 0.664. The van der Waals surface area contributed by atoms with Gasteiger partial charge in [0.2, 0.25) is 0 Å². The van der Waals surface area contributed by atoms with Crippen molar-refractivity contribution in [2.75, 3.05) is 0 Å². The molecule has 0 aliphatic carbocycles. The summed E-state index contributed by atoms with van der Waals surface area (Å²) in [5, 5.41) is 0. The molecule has 0 heteroatoms. The van der Waals surface area contributed by atoms with Crippen molar-refractivity contribution in [1.82, 2.24) is 0 Å². The van der Waals surface area contributed by atoms with Crippen LogP contribution in [0.15, 0.2) is 0 Å². The van der Waals surface area contributed by atoms with Crippen molar-refractivity contribution in [2.24, 2.45) is 11.3 Å². The molecule has 0 saturated carbocycles. The van der Waals surface area contributed by atoms with Crippen LogP contribution in [0.25, 0.3) is 0 Å². The molecule has 0 N–H and O–H groups in total. The van der Waals surface area contributed by atoms with Gasteiger partial charge in [-0.05, 0) is 30.6 Å². The molecule has 0 fully saturated rings. The monoisotopic (exact) mass is 268 g/mol. The van der Waals surface area contributed by atoms with Gasteiger partial charge >= 0.3 is 0 Å². The molecular formula is C19H40. The summed E-state index contributed by atoms with van der Waals surface area (Å²) in [4.78, 5) is 0. The Hall–Kier alpha value is 0. The van der Waals surface area contributed by atoms with Crippen molar-refractivity contribution < 1.29 is 0 Å². The Morgan fingerprint density at radius 1 is 0.632 bits per heavy atom. The standard InChI is InChI=1S/C19H40/c1-6-10-14-18(5)19(15-11-7-2,16-12-8-3)17-13-9-4/h18H,6-17H2,1-5H3. The minimum absolute atomic E-state index is 0.664. The van der Waals surface area contributed by atoms with Crippen LogP contribution in [0.4, 0.5) is 0 Å². The maximum atomic E-state index is 2.55. The van der Waals surface area contributed by atoms with E-state index >= 15 is 0 Å². The second-order valence-electron chi connectivity index (χ2n) is 6.72. The maximum Gasteiger partial charge on any atom is -0.0272 e. The van der Waals surface area contributed by atoms with Crippen molar-refractivity contribution >= 4 is 0 Å². The van der Waals surface area contributed by atoms with E-state index in [0.717, 1.165) is 5.92 Å². The molecule has 0 aromatic rings. The van der Waals surface area contributed by atoms with Crippen molar-refractivity contribution in [3.63, 3.8) is 0 Å². The van der Waals surface area contributed by atoms with E-state index in [0.29, 0.717) is 5.41 Å². The van der Waals surface area contributed by atoms with E-state index in [4.69, 9.17) is 0 Å². The Labute approximate surface area is 123 Å². The summed E-state index contributed by atoms with van der Waals surface area (Å²) in [6, 6.07) is 0. The Morgan fingerprint density at radius 3 is 1.32 bits per heavy atom. The molecule has 0 aromatic heterocycles. The lowest BCUT2D eigenvalue weighted by atomic mass is 9.65. The molecule has 1 unspecified atom stereocenters. The summed E-state index contributed by atoms with van der Waals surface area (Å²) >= 11 is 0. The van der Waals surface area contributed by atoms with Gasteiger partial charge in [-0.1, -0.05) is 92.4 Å². The lowest BCUT2D eigenvalue weighted by Crippen LogP contribution is -2.29. The van der Waals surface area contributed by atoms with Crippen LogP contribution in [0, 0.1) is 11.3 Å². The summed E-state index contributed by atoms with van der Waals surface area (Å²) < 4.78 is 0. The van der Waals surface area contributed by atoms with Crippen LogP contribution in [0.3, 0.4) is 0 Å². The highest BCUT2D eigenvalue weighted by molar-refractivity contribution is 4.84. The van der Waals surface area contributed by atoms with E-state index in [2.05, 4.69) is 34.6 Å². The third kappa shape index (κ3) is 7.37. The van der Waals surface area contributed by atoms with Crippen LogP contribution in [-0.4, -0.2) is 0 Å². The molecule has 0 rings (SSSR count). The number of rotatable bonds is 13. The third-order valence-corrected chi connectivity index (χ3v) is 5.12. The number of hydrogen-bond donors (Lipinski definition) is 0. The fraction of sp³-hybridized carbons (Fsp3) is 1.00. The van der Waals surface area contributed by atoms with Gasteiger partial charge in [-0.25, -0.2) is 0 Å². The van der Waals surface area contributed by atoms with Crippen molar-refractivity contribution in [3.8, 4) is 0 Å². The molecule has 0 radical (unpaired) electrons. The first-order valence-corrected chi connectivity index (χ1v) is 9.16. The predicted molar refractivity (Wildman–Crippen MR) is 89.7 cm³/mol. The first-order chi connectivity index (χ1) is 9.16. The normalized spacial score (nSPS) is 13.7. The van der Waals surface area contributed by atoms with Gasteiger partial charge in [0, 0.05) is 0 Å². The molecule has 0 heterocycles. The topological polar surface area (TPSA) is 0 Å². The zero-order valence-electron chi connectivity index (χ0n) is 14.6. The van der Waals surface area contributed by atoms with Crippen LogP contribution in [-0.2, 0) is 0 Å². The highest BCUT2D eigenvalue weighted by atomic mass is 14.4. The van der Waals surface area contributed by atoms with Crippen LogP contribution in [0.5, 0.6) is 0 Å². The van der Waals surface area contributed by atoms with Crippen LogP contribution < -0.4 is 0 Å². The molecular weight excluding hydrogens is 228 g/mol. The molecule has 0 nitrogen and oxygen atoms in total. The smallest absolute Gasteiger partial charge is 0.0272 e. The average Bonchev–Trinajstić information content (AvgIpc) is 2.44. The molecule has 19 heavy (non-hydrogen) atoms. The van der Waals surface area contributed by atoms with Gasteiger partial charge in [-0.2, -0.15) is 0 Å². The van der Waals surface area contributed by atoms with E-state index in [-0.39, 0.29) is 0 Å². The van der Waals surface area contributed by atoms with Gasteiger partial charge in [0.15, 0.2) is 0 Å². The molecule has 0 spiro atoms. The van der Waals surface area contributed by atoms with Crippen LogP contribution >= 0.6 is 0 Å². The minimum atomic E-state index is 0.664. The lowest BCUT2D eigenvalue weighted by Gasteiger charge is -2.40. The van der Waals surface area contributed by atoms with E-state index in [1.165, 1.54) is 77.0 Å². The van der Waals surface area contributed by atoms with E-state index in [1.54, 1.807) is 0 Å². The van der Waals surface area contributed by atoms with E-state index in [9.17, 15) is 0 Å². The van der Waals surface area contributed by atoms with Gasteiger partial charge in [0.25, 0.3) is 0 Å². The Balaban J connectivity index is 4.73. The molecule has 0 aromatic carbocycles. The van der Waals surface area contributed by atoms with Gasteiger partial charge in [0.1, 0.15) is 0 Å². The van der Waals surface area contributed by atoms with E-state index < -0.39 is 0 Å². The number of unbranched alkanes of at least 4 members (excludes halogenated alkanes) is 4. The first kappa shape index (κ1) is 19.0. The zero-order chi connectivity index (χ0) is 14.6.